The number of rotatable bonds is 6. The van der Waals surface area contributed by atoms with Gasteiger partial charge in [0.05, 0.1) is 18.1 Å². The number of hydrogen-bond donors (Lipinski definition) is 2. The third-order valence-corrected chi connectivity index (χ3v) is 4.92. The van der Waals surface area contributed by atoms with Gasteiger partial charge in [-0.05, 0) is 41.8 Å². The third-order valence-electron chi connectivity index (χ3n) is 4.07. The van der Waals surface area contributed by atoms with Crippen LogP contribution in [0, 0.1) is 0 Å². The van der Waals surface area contributed by atoms with Crippen molar-refractivity contribution in [3.05, 3.63) is 88.9 Å². The minimum Gasteiger partial charge on any atom is -0.508 e. The van der Waals surface area contributed by atoms with Crippen molar-refractivity contribution in [3.63, 3.8) is 0 Å². The number of anilines is 1. The number of aromatic nitrogens is 2. The summed E-state index contributed by atoms with van der Waals surface area (Å²) in [6.45, 7) is 0.465. The Morgan fingerprint density at radius 3 is 2.62 bits per heavy atom. The molecule has 0 unspecified atom stereocenters. The van der Waals surface area contributed by atoms with E-state index in [4.69, 9.17) is 4.74 Å². The highest BCUT2D eigenvalue weighted by Crippen LogP contribution is 2.21. The minimum atomic E-state index is -0.278. The molecule has 0 fully saturated rings. The van der Waals surface area contributed by atoms with Crippen molar-refractivity contribution in [3.8, 4) is 22.9 Å². The van der Waals surface area contributed by atoms with Crippen molar-refractivity contribution in [2.75, 3.05) is 5.32 Å². The molecule has 7 heteroatoms. The van der Waals surface area contributed by atoms with Gasteiger partial charge in [0.1, 0.15) is 18.1 Å². The molecule has 0 saturated heterocycles. The van der Waals surface area contributed by atoms with Gasteiger partial charge in [-0.25, -0.2) is 9.97 Å². The summed E-state index contributed by atoms with van der Waals surface area (Å²) in [7, 11) is 0. The van der Waals surface area contributed by atoms with Gasteiger partial charge >= 0.3 is 0 Å². The fraction of sp³-hybridized carbons (Fsp3) is 0.0455. The smallest absolute Gasteiger partial charge is 0.255 e. The van der Waals surface area contributed by atoms with Crippen molar-refractivity contribution >= 4 is 22.9 Å². The van der Waals surface area contributed by atoms with E-state index < -0.39 is 0 Å². The molecule has 0 spiro atoms. The topological polar surface area (TPSA) is 84.3 Å². The van der Waals surface area contributed by atoms with E-state index in [1.165, 1.54) is 12.4 Å². The van der Waals surface area contributed by atoms with Crippen molar-refractivity contribution in [1.29, 1.82) is 0 Å². The summed E-state index contributed by atoms with van der Waals surface area (Å²) in [4.78, 5) is 22.2. The van der Waals surface area contributed by atoms with Crippen molar-refractivity contribution in [2.45, 2.75) is 6.61 Å². The number of phenols is 1. The highest BCUT2D eigenvalue weighted by molar-refractivity contribution is 7.09. The lowest BCUT2D eigenvalue weighted by Gasteiger charge is -2.08. The molecule has 0 aliphatic carbocycles. The number of amides is 1. The Morgan fingerprint density at radius 2 is 1.86 bits per heavy atom. The Kier molecular flexibility index (Phi) is 5.49. The van der Waals surface area contributed by atoms with E-state index in [2.05, 4.69) is 15.3 Å². The molecule has 2 heterocycles. The van der Waals surface area contributed by atoms with Crippen LogP contribution in [-0.2, 0) is 6.61 Å². The van der Waals surface area contributed by atoms with Gasteiger partial charge in [0.2, 0.25) is 0 Å². The molecule has 0 aliphatic rings. The summed E-state index contributed by atoms with van der Waals surface area (Å²) in [5.74, 6) is 0.953. The maximum Gasteiger partial charge on any atom is 0.255 e. The predicted molar refractivity (Wildman–Crippen MR) is 112 cm³/mol. The van der Waals surface area contributed by atoms with Crippen LogP contribution in [0.3, 0.4) is 0 Å². The van der Waals surface area contributed by atoms with Crippen LogP contribution in [0.15, 0.2) is 78.4 Å². The SMILES string of the molecule is O=C(Nc1cnc(-c2cccc(O)c2)nc1)c1cccc(OCc2cccs2)c1. The van der Waals surface area contributed by atoms with Gasteiger partial charge in [-0.3, -0.25) is 4.79 Å². The van der Waals surface area contributed by atoms with E-state index in [0.29, 0.717) is 35.0 Å². The number of aromatic hydroxyl groups is 1. The molecule has 144 valence electrons. The molecule has 0 atom stereocenters. The van der Waals surface area contributed by atoms with Crippen LogP contribution in [0.1, 0.15) is 15.2 Å². The molecule has 0 aliphatic heterocycles. The van der Waals surface area contributed by atoms with Crippen molar-refractivity contribution < 1.29 is 14.6 Å². The summed E-state index contributed by atoms with van der Waals surface area (Å²) in [6, 6.07) is 17.7. The number of carbonyl (C=O) groups is 1. The minimum absolute atomic E-state index is 0.143. The summed E-state index contributed by atoms with van der Waals surface area (Å²) < 4.78 is 5.75. The van der Waals surface area contributed by atoms with Crippen LogP contribution in [0.4, 0.5) is 5.69 Å². The van der Waals surface area contributed by atoms with Crippen LogP contribution >= 0.6 is 11.3 Å². The summed E-state index contributed by atoms with van der Waals surface area (Å²) in [5.41, 5.74) is 1.65. The second-order valence-electron chi connectivity index (χ2n) is 6.20. The molecule has 2 aromatic carbocycles. The van der Waals surface area contributed by atoms with Gasteiger partial charge in [-0.2, -0.15) is 0 Å². The number of benzene rings is 2. The van der Waals surface area contributed by atoms with E-state index >= 15 is 0 Å². The molecule has 2 N–H and O–H groups in total. The van der Waals surface area contributed by atoms with Crippen LogP contribution in [0.5, 0.6) is 11.5 Å². The van der Waals surface area contributed by atoms with Gasteiger partial charge in [0, 0.05) is 16.0 Å². The van der Waals surface area contributed by atoms with Gasteiger partial charge in [0.25, 0.3) is 5.91 Å². The first-order valence-corrected chi connectivity index (χ1v) is 9.73. The van der Waals surface area contributed by atoms with Gasteiger partial charge < -0.3 is 15.2 Å². The predicted octanol–water partition coefficient (Wildman–Crippen LogP) is 4.74. The highest BCUT2D eigenvalue weighted by atomic mass is 32.1. The maximum absolute atomic E-state index is 12.5. The van der Waals surface area contributed by atoms with Crippen LogP contribution < -0.4 is 10.1 Å². The molecule has 4 rings (SSSR count). The average molecular weight is 403 g/mol. The molecular formula is C22H17N3O3S. The lowest BCUT2D eigenvalue weighted by molar-refractivity contribution is 0.102. The maximum atomic E-state index is 12.5. The monoisotopic (exact) mass is 403 g/mol. The lowest BCUT2D eigenvalue weighted by atomic mass is 10.2. The first-order chi connectivity index (χ1) is 14.2. The molecule has 4 aromatic rings. The number of nitrogens with one attached hydrogen (secondary N) is 1. The van der Waals surface area contributed by atoms with Crippen molar-refractivity contribution in [1.82, 2.24) is 9.97 Å². The number of thiophene rings is 1. The number of nitrogens with zero attached hydrogens (tertiary/aromatic N) is 2. The molecule has 0 saturated carbocycles. The lowest BCUT2D eigenvalue weighted by Crippen LogP contribution is -2.12. The normalized spacial score (nSPS) is 10.5. The van der Waals surface area contributed by atoms with Crippen molar-refractivity contribution in [2.24, 2.45) is 0 Å². The second kappa shape index (κ2) is 8.53. The zero-order valence-corrected chi connectivity index (χ0v) is 16.1. The summed E-state index contributed by atoms with van der Waals surface area (Å²) in [6.07, 6.45) is 3.06. The van der Waals surface area contributed by atoms with Gasteiger partial charge in [0.15, 0.2) is 5.82 Å². The van der Waals surface area contributed by atoms with Crippen LogP contribution in [0.2, 0.25) is 0 Å². The summed E-state index contributed by atoms with van der Waals surface area (Å²) >= 11 is 1.62. The first-order valence-electron chi connectivity index (χ1n) is 8.85. The second-order valence-corrected chi connectivity index (χ2v) is 7.23. The highest BCUT2D eigenvalue weighted by Gasteiger charge is 2.09. The fourth-order valence-corrected chi connectivity index (χ4v) is 3.28. The Hall–Kier alpha value is -3.71. The van der Waals surface area contributed by atoms with Crippen LogP contribution in [0.25, 0.3) is 11.4 Å². The number of phenolic OH excluding ortho intramolecular Hbond substituents is 1. The average Bonchev–Trinajstić information content (AvgIpc) is 3.27. The van der Waals surface area contributed by atoms with E-state index in [9.17, 15) is 9.90 Å². The fourth-order valence-electron chi connectivity index (χ4n) is 2.67. The Bertz CT molecular complexity index is 1110. The zero-order chi connectivity index (χ0) is 20.1. The Labute approximate surface area is 171 Å². The standard InChI is InChI=1S/C22H17N3O3S/c26-18-6-1-4-15(10-18)21-23-12-17(13-24-21)25-22(27)16-5-2-7-19(11-16)28-14-20-8-3-9-29-20/h1-13,26H,14H2,(H,25,27). The van der Waals surface area contributed by atoms with E-state index in [0.717, 1.165) is 4.88 Å². The van der Waals surface area contributed by atoms with Crippen LogP contribution in [-0.4, -0.2) is 21.0 Å². The first kappa shape index (κ1) is 18.6. The Balaban J connectivity index is 1.42. The summed E-state index contributed by atoms with van der Waals surface area (Å²) in [5, 5.41) is 14.3. The number of hydrogen-bond acceptors (Lipinski definition) is 6. The molecule has 0 radical (unpaired) electrons. The van der Waals surface area contributed by atoms with E-state index in [-0.39, 0.29) is 11.7 Å². The quantitative estimate of drug-likeness (QED) is 0.486. The Morgan fingerprint density at radius 1 is 1.03 bits per heavy atom. The van der Waals surface area contributed by atoms with E-state index in [1.807, 2.05) is 23.6 Å². The number of carbonyl (C=O) groups excluding carboxylic acids is 1. The third kappa shape index (κ3) is 4.77. The van der Waals surface area contributed by atoms with E-state index in [1.54, 1.807) is 53.8 Å². The number of ether oxygens (including phenoxy) is 1. The van der Waals surface area contributed by atoms with Gasteiger partial charge in [-0.15, -0.1) is 11.3 Å². The molecule has 0 bridgehead atoms. The molecular weight excluding hydrogens is 386 g/mol. The molecule has 6 nitrogen and oxygen atoms in total. The molecule has 29 heavy (non-hydrogen) atoms. The molecule has 1 amide bonds. The largest absolute Gasteiger partial charge is 0.508 e. The van der Waals surface area contributed by atoms with Gasteiger partial charge in [-0.1, -0.05) is 24.3 Å². The zero-order valence-electron chi connectivity index (χ0n) is 15.3. The molecule has 2 aromatic heterocycles.